The van der Waals surface area contributed by atoms with Crippen molar-refractivity contribution in [3.8, 4) is 11.5 Å². The van der Waals surface area contributed by atoms with Crippen LogP contribution in [0.4, 0.5) is 0 Å². The lowest BCUT2D eigenvalue weighted by Crippen LogP contribution is -1.98. The van der Waals surface area contributed by atoms with Crippen LogP contribution in [0.3, 0.4) is 0 Å². The van der Waals surface area contributed by atoms with Crippen molar-refractivity contribution in [2.24, 2.45) is 7.05 Å². The molecule has 1 heterocycles. The van der Waals surface area contributed by atoms with Crippen LogP contribution in [0.5, 0.6) is 11.5 Å². The molecule has 0 saturated carbocycles. The van der Waals surface area contributed by atoms with Gasteiger partial charge in [-0.05, 0) is 23.8 Å². The van der Waals surface area contributed by atoms with Crippen LogP contribution in [0.2, 0.25) is 0 Å². The Bertz CT molecular complexity index is 778. The summed E-state index contributed by atoms with van der Waals surface area (Å²) in [6.45, 7) is 0.464. The molecular formula is C18H19NO3. The van der Waals surface area contributed by atoms with E-state index < -0.39 is 0 Å². The molecule has 0 aliphatic rings. The molecule has 1 N–H and O–H groups in total. The Morgan fingerprint density at radius 3 is 2.55 bits per heavy atom. The monoisotopic (exact) mass is 297 g/mol. The Labute approximate surface area is 129 Å². The van der Waals surface area contributed by atoms with Gasteiger partial charge in [-0.2, -0.15) is 0 Å². The van der Waals surface area contributed by atoms with E-state index in [0.717, 1.165) is 22.2 Å². The summed E-state index contributed by atoms with van der Waals surface area (Å²) < 4.78 is 13.4. The van der Waals surface area contributed by atoms with Crippen LogP contribution in [0.25, 0.3) is 10.9 Å². The number of aliphatic hydroxyl groups excluding tert-OH is 1. The summed E-state index contributed by atoms with van der Waals surface area (Å²) in [6.07, 6.45) is 0. The van der Waals surface area contributed by atoms with Crippen LogP contribution in [-0.2, 0) is 20.3 Å². The van der Waals surface area contributed by atoms with Gasteiger partial charge in [0.25, 0.3) is 0 Å². The third-order valence-electron chi connectivity index (χ3n) is 3.85. The van der Waals surface area contributed by atoms with Gasteiger partial charge < -0.3 is 19.1 Å². The zero-order valence-electron chi connectivity index (χ0n) is 12.7. The molecule has 2 aromatic carbocycles. The highest BCUT2D eigenvalue weighted by Crippen LogP contribution is 2.37. The number of methoxy groups -OCH3 is 1. The smallest absolute Gasteiger partial charge is 0.171 e. The summed E-state index contributed by atoms with van der Waals surface area (Å²) in [7, 11) is 3.56. The molecular weight excluding hydrogens is 278 g/mol. The zero-order valence-corrected chi connectivity index (χ0v) is 12.7. The fourth-order valence-electron chi connectivity index (χ4n) is 2.61. The second kappa shape index (κ2) is 6.12. The van der Waals surface area contributed by atoms with Gasteiger partial charge in [-0.3, -0.25) is 0 Å². The Hall–Kier alpha value is -2.46. The van der Waals surface area contributed by atoms with Crippen LogP contribution < -0.4 is 9.47 Å². The summed E-state index contributed by atoms with van der Waals surface area (Å²) in [4.78, 5) is 0. The molecule has 0 saturated heterocycles. The van der Waals surface area contributed by atoms with Crippen molar-refractivity contribution in [3.63, 3.8) is 0 Å². The lowest BCUT2D eigenvalue weighted by molar-refractivity contribution is 0.273. The molecule has 0 aliphatic carbocycles. The van der Waals surface area contributed by atoms with Crippen LogP contribution in [0.15, 0.2) is 48.5 Å². The molecule has 114 valence electrons. The molecule has 0 spiro atoms. The molecule has 0 bridgehead atoms. The number of benzene rings is 2. The molecule has 0 radical (unpaired) electrons. The summed E-state index contributed by atoms with van der Waals surface area (Å²) in [5.74, 6) is 1.40. The van der Waals surface area contributed by atoms with Crippen LogP contribution in [0.1, 0.15) is 11.3 Å². The highest BCUT2D eigenvalue weighted by molar-refractivity contribution is 5.90. The van der Waals surface area contributed by atoms with Crippen molar-refractivity contribution in [2.45, 2.75) is 13.2 Å². The van der Waals surface area contributed by atoms with Crippen molar-refractivity contribution < 1.29 is 14.6 Å². The molecule has 0 fully saturated rings. The minimum absolute atomic E-state index is 0.00831. The van der Waals surface area contributed by atoms with E-state index in [0.29, 0.717) is 18.1 Å². The molecule has 3 aromatic rings. The molecule has 1 aromatic heterocycles. The molecule has 4 heteroatoms. The number of nitrogens with zero attached hydrogens (tertiary/aromatic N) is 1. The van der Waals surface area contributed by atoms with Gasteiger partial charge in [0.1, 0.15) is 6.61 Å². The number of aryl methyl sites for hydroxylation is 1. The predicted octanol–water partition coefficient (Wildman–Crippen LogP) is 3.26. The number of rotatable bonds is 5. The highest BCUT2D eigenvalue weighted by Gasteiger charge is 2.14. The van der Waals surface area contributed by atoms with Gasteiger partial charge in [0, 0.05) is 18.1 Å². The van der Waals surface area contributed by atoms with Crippen molar-refractivity contribution in [1.82, 2.24) is 4.57 Å². The standard InChI is InChI=1S/C18H19NO3/c1-19-14(11-20)10-15-16(19)8-9-17(21-2)18(15)22-12-13-6-4-3-5-7-13/h3-10,20H,11-12H2,1-2H3. The van der Waals surface area contributed by atoms with Gasteiger partial charge in [-0.15, -0.1) is 0 Å². The van der Waals surface area contributed by atoms with Crippen molar-refractivity contribution >= 4 is 10.9 Å². The highest BCUT2D eigenvalue weighted by atomic mass is 16.5. The minimum Gasteiger partial charge on any atom is -0.493 e. The van der Waals surface area contributed by atoms with E-state index >= 15 is 0 Å². The van der Waals surface area contributed by atoms with Crippen LogP contribution in [0, 0.1) is 0 Å². The maximum Gasteiger partial charge on any atom is 0.171 e. The molecule has 22 heavy (non-hydrogen) atoms. The summed E-state index contributed by atoms with van der Waals surface area (Å²) in [5, 5.41) is 10.4. The van der Waals surface area contributed by atoms with E-state index in [1.54, 1.807) is 7.11 Å². The second-order valence-electron chi connectivity index (χ2n) is 5.16. The second-order valence-corrected chi connectivity index (χ2v) is 5.16. The lowest BCUT2D eigenvalue weighted by atomic mass is 10.2. The zero-order chi connectivity index (χ0) is 15.5. The van der Waals surface area contributed by atoms with Gasteiger partial charge in [-0.1, -0.05) is 30.3 Å². The fourth-order valence-corrected chi connectivity index (χ4v) is 2.61. The van der Waals surface area contributed by atoms with Crippen molar-refractivity contribution in [1.29, 1.82) is 0 Å². The Morgan fingerprint density at radius 2 is 1.86 bits per heavy atom. The topological polar surface area (TPSA) is 43.6 Å². The van der Waals surface area contributed by atoms with E-state index in [9.17, 15) is 5.11 Å². The number of fused-ring (bicyclic) bond motifs is 1. The summed E-state index contributed by atoms with van der Waals surface area (Å²) >= 11 is 0. The number of ether oxygens (including phenoxy) is 2. The third kappa shape index (κ3) is 2.53. The van der Waals surface area contributed by atoms with E-state index in [2.05, 4.69) is 0 Å². The maximum absolute atomic E-state index is 9.45. The first-order valence-corrected chi connectivity index (χ1v) is 7.17. The first kappa shape index (κ1) is 14.5. The normalized spacial score (nSPS) is 10.9. The van der Waals surface area contributed by atoms with Gasteiger partial charge in [0.15, 0.2) is 11.5 Å². The number of aliphatic hydroxyl groups is 1. The number of hydrogen-bond donors (Lipinski definition) is 1. The van der Waals surface area contributed by atoms with Gasteiger partial charge in [0.2, 0.25) is 0 Å². The Kier molecular flexibility index (Phi) is 4.02. The lowest BCUT2D eigenvalue weighted by Gasteiger charge is -2.12. The van der Waals surface area contributed by atoms with E-state index in [-0.39, 0.29) is 6.61 Å². The van der Waals surface area contributed by atoms with Crippen LogP contribution >= 0.6 is 0 Å². The van der Waals surface area contributed by atoms with E-state index in [1.165, 1.54) is 0 Å². The largest absolute Gasteiger partial charge is 0.493 e. The Balaban J connectivity index is 2.02. The summed E-state index contributed by atoms with van der Waals surface area (Å²) in [6, 6.07) is 15.8. The first-order valence-electron chi connectivity index (χ1n) is 7.17. The number of hydrogen-bond acceptors (Lipinski definition) is 3. The minimum atomic E-state index is -0.00831. The third-order valence-corrected chi connectivity index (χ3v) is 3.85. The SMILES string of the molecule is COc1ccc2c(cc(CO)n2C)c1OCc1ccccc1. The molecule has 3 rings (SSSR count). The predicted molar refractivity (Wildman–Crippen MR) is 86.2 cm³/mol. The molecule has 0 atom stereocenters. The first-order chi connectivity index (χ1) is 10.7. The molecule has 0 aliphatic heterocycles. The molecule has 0 unspecified atom stereocenters. The van der Waals surface area contributed by atoms with Crippen LogP contribution in [-0.4, -0.2) is 16.8 Å². The Morgan fingerprint density at radius 1 is 1.09 bits per heavy atom. The maximum atomic E-state index is 9.45. The van der Waals surface area contributed by atoms with Crippen molar-refractivity contribution in [2.75, 3.05) is 7.11 Å². The van der Waals surface area contributed by atoms with Gasteiger partial charge in [-0.25, -0.2) is 0 Å². The average molecular weight is 297 g/mol. The van der Waals surface area contributed by atoms with Gasteiger partial charge in [0.05, 0.1) is 19.2 Å². The summed E-state index contributed by atoms with van der Waals surface area (Å²) in [5.41, 5.74) is 2.94. The van der Waals surface area contributed by atoms with E-state index in [4.69, 9.17) is 9.47 Å². The quantitative estimate of drug-likeness (QED) is 0.786. The fraction of sp³-hybridized carbons (Fsp3) is 0.222. The van der Waals surface area contributed by atoms with Crippen molar-refractivity contribution in [3.05, 3.63) is 59.8 Å². The van der Waals surface area contributed by atoms with E-state index in [1.807, 2.05) is 60.1 Å². The average Bonchev–Trinajstić information content (AvgIpc) is 2.90. The number of aromatic nitrogens is 1. The van der Waals surface area contributed by atoms with Gasteiger partial charge >= 0.3 is 0 Å². The molecule has 4 nitrogen and oxygen atoms in total. The molecule has 0 amide bonds.